The lowest BCUT2D eigenvalue weighted by atomic mass is 10.0. The number of ether oxygens (including phenoxy) is 1. The van der Waals surface area contributed by atoms with Gasteiger partial charge in [-0.2, -0.15) is 0 Å². The number of hydrogen-bond acceptors (Lipinski definition) is 2. The summed E-state index contributed by atoms with van der Waals surface area (Å²) in [6, 6.07) is 24.2. The molecule has 20 heavy (non-hydrogen) atoms. The Morgan fingerprint density at radius 2 is 1.50 bits per heavy atom. The van der Waals surface area contributed by atoms with E-state index >= 15 is 0 Å². The van der Waals surface area contributed by atoms with Gasteiger partial charge in [0.15, 0.2) is 0 Å². The summed E-state index contributed by atoms with van der Waals surface area (Å²) in [5.74, 6) is 0.851. The Balaban J connectivity index is 1.73. The lowest BCUT2D eigenvalue weighted by molar-refractivity contribution is 0.291. The van der Waals surface area contributed by atoms with Crippen LogP contribution in [0.4, 0.5) is 0 Å². The zero-order valence-electron chi connectivity index (χ0n) is 11.2. The standard InChI is InChI=1S/C18H17NO/c19-18(13-20-17-8-2-1-3-9-17)16-11-10-14-6-4-5-7-15(14)12-16/h1-12,18H,13,19H2. The second-order valence-corrected chi connectivity index (χ2v) is 4.84. The number of rotatable bonds is 4. The van der Waals surface area contributed by atoms with E-state index < -0.39 is 0 Å². The first kappa shape index (κ1) is 12.7. The monoisotopic (exact) mass is 263 g/mol. The lowest BCUT2D eigenvalue weighted by Crippen LogP contribution is -2.18. The summed E-state index contributed by atoms with van der Waals surface area (Å²) in [7, 11) is 0. The second kappa shape index (κ2) is 5.76. The van der Waals surface area contributed by atoms with Gasteiger partial charge in [0.05, 0.1) is 6.04 Å². The van der Waals surface area contributed by atoms with Gasteiger partial charge in [0, 0.05) is 0 Å². The van der Waals surface area contributed by atoms with Crippen LogP contribution in [0.5, 0.6) is 5.75 Å². The topological polar surface area (TPSA) is 35.2 Å². The minimum absolute atomic E-state index is 0.125. The Bertz CT molecular complexity index is 694. The van der Waals surface area contributed by atoms with E-state index in [0.29, 0.717) is 6.61 Å². The molecule has 0 radical (unpaired) electrons. The van der Waals surface area contributed by atoms with E-state index in [4.69, 9.17) is 10.5 Å². The Kier molecular flexibility index (Phi) is 3.66. The van der Waals surface area contributed by atoms with Crippen LogP contribution in [-0.2, 0) is 0 Å². The van der Waals surface area contributed by atoms with Gasteiger partial charge in [0.1, 0.15) is 12.4 Å². The van der Waals surface area contributed by atoms with Crippen LogP contribution in [0.15, 0.2) is 72.8 Å². The molecule has 3 rings (SSSR count). The van der Waals surface area contributed by atoms with E-state index in [0.717, 1.165) is 11.3 Å². The van der Waals surface area contributed by atoms with Crippen LogP contribution in [0.2, 0.25) is 0 Å². The van der Waals surface area contributed by atoms with Crippen molar-refractivity contribution < 1.29 is 4.74 Å². The molecule has 2 N–H and O–H groups in total. The third-order valence-electron chi connectivity index (χ3n) is 3.37. The van der Waals surface area contributed by atoms with Crippen LogP contribution in [-0.4, -0.2) is 6.61 Å². The van der Waals surface area contributed by atoms with E-state index in [1.54, 1.807) is 0 Å². The highest BCUT2D eigenvalue weighted by Crippen LogP contribution is 2.20. The van der Waals surface area contributed by atoms with Crippen molar-refractivity contribution in [2.75, 3.05) is 6.61 Å². The summed E-state index contributed by atoms with van der Waals surface area (Å²) in [4.78, 5) is 0. The maximum Gasteiger partial charge on any atom is 0.119 e. The molecule has 0 fully saturated rings. The smallest absolute Gasteiger partial charge is 0.119 e. The molecule has 0 aliphatic heterocycles. The van der Waals surface area contributed by atoms with E-state index in [1.807, 2.05) is 42.5 Å². The Hall–Kier alpha value is -2.32. The summed E-state index contributed by atoms with van der Waals surface area (Å²) in [5, 5.41) is 2.44. The largest absolute Gasteiger partial charge is 0.492 e. The number of para-hydroxylation sites is 1. The molecule has 0 saturated carbocycles. The van der Waals surface area contributed by atoms with Gasteiger partial charge in [-0.3, -0.25) is 0 Å². The predicted octanol–water partition coefficient (Wildman–Crippen LogP) is 3.92. The van der Waals surface area contributed by atoms with Crippen LogP contribution in [0.3, 0.4) is 0 Å². The summed E-state index contributed by atoms with van der Waals surface area (Å²) < 4.78 is 5.71. The third-order valence-corrected chi connectivity index (χ3v) is 3.37. The van der Waals surface area contributed by atoms with Crippen LogP contribution in [0.1, 0.15) is 11.6 Å². The molecular weight excluding hydrogens is 246 g/mol. The summed E-state index contributed by atoms with van der Waals surface area (Å²) in [5.41, 5.74) is 7.31. The van der Waals surface area contributed by atoms with Crippen molar-refractivity contribution in [3.05, 3.63) is 78.4 Å². The predicted molar refractivity (Wildman–Crippen MR) is 82.8 cm³/mol. The fourth-order valence-electron chi connectivity index (χ4n) is 2.24. The van der Waals surface area contributed by atoms with Gasteiger partial charge in [-0.1, -0.05) is 54.6 Å². The van der Waals surface area contributed by atoms with Gasteiger partial charge in [0.2, 0.25) is 0 Å². The van der Waals surface area contributed by atoms with Crippen LogP contribution < -0.4 is 10.5 Å². The van der Waals surface area contributed by atoms with Gasteiger partial charge in [-0.15, -0.1) is 0 Å². The molecular formula is C18H17NO. The van der Waals surface area contributed by atoms with Crippen molar-refractivity contribution >= 4 is 10.8 Å². The Morgan fingerprint density at radius 1 is 0.800 bits per heavy atom. The molecule has 0 aliphatic carbocycles. The molecule has 3 aromatic carbocycles. The van der Waals surface area contributed by atoms with Gasteiger partial charge >= 0.3 is 0 Å². The number of nitrogens with two attached hydrogens (primary N) is 1. The third kappa shape index (κ3) is 2.81. The molecule has 100 valence electrons. The van der Waals surface area contributed by atoms with Gasteiger partial charge in [0.25, 0.3) is 0 Å². The molecule has 0 aromatic heterocycles. The van der Waals surface area contributed by atoms with Crippen molar-refractivity contribution in [3.8, 4) is 5.75 Å². The molecule has 0 saturated heterocycles. The lowest BCUT2D eigenvalue weighted by Gasteiger charge is -2.14. The SMILES string of the molecule is NC(COc1ccccc1)c1ccc2ccccc2c1. The number of hydrogen-bond donors (Lipinski definition) is 1. The van der Waals surface area contributed by atoms with Crippen LogP contribution >= 0.6 is 0 Å². The first-order valence-electron chi connectivity index (χ1n) is 6.75. The minimum Gasteiger partial charge on any atom is -0.492 e. The highest BCUT2D eigenvalue weighted by atomic mass is 16.5. The number of fused-ring (bicyclic) bond motifs is 1. The van der Waals surface area contributed by atoms with E-state index in [-0.39, 0.29) is 6.04 Å². The van der Waals surface area contributed by atoms with Crippen molar-refractivity contribution in [1.82, 2.24) is 0 Å². The molecule has 1 unspecified atom stereocenters. The molecule has 3 aromatic rings. The fourth-order valence-corrected chi connectivity index (χ4v) is 2.24. The zero-order valence-corrected chi connectivity index (χ0v) is 11.2. The van der Waals surface area contributed by atoms with Crippen molar-refractivity contribution in [3.63, 3.8) is 0 Å². The molecule has 0 spiro atoms. The maximum atomic E-state index is 6.21. The minimum atomic E-state index is -0.125. The quantitative estimate of drug-likeness (QED) is 0.774. The zero-order chi connectivity index (χ0) is 13.8. The summed E-state index contributed by atoms with van der Waals surface area (Å²) in [6.07, 6.45) is 0. The first-order valence-corrected chi connectivity index (χ1v) is 6.75. The van der Waals surface area contributed by atoms with Crippen LogP contribution in [0, 0.1) is 0 Å². The molecule has 0 heterocycles. The Labute approximate surface area is 118 Å². The molecule has 1 atom stereocenters. The van der Waals surface area contributed by atoms with Crippen LogP contribution in [0.25, 0.3) is 10.8 Å². The highest BCUT2D eigenvalue weighted by Gasteiger charge is 2.07. The second-order valence-electron chi connectivity index (χ2n) is 4.84. The highest BCUT2D eigenvalue weighted by molar-refractivity contribution is 5.83. The first-order chi connectivity index (χ1) is 9.83. The van der Waals surface area contributed by atoms with Gasteiger partial charge in [-0.25, -0.2) is 0 Å². The summed E-state index contributed by atoms with van der Waals surface area (Å²) >= 11 is 0. The maximum absolute atomic E-state index is 6.21. The fraction of sp³-hybridized carbons (Fsp3) is 0.111. The van der Waals surface area contributed by atoms with Gasteiger partial charge < -0.3 is 10.5 Å². The summed E-state index contributed by atoms with van der Waals surface area (Å²) in [6.45, 7) is 0.475. The molecule has 2 heteroatoms. The van der Waals surface area contributed by atoms with Crippen molar-refractivity contribution in [2.24, 2.45) is 5.73 Å². The molecule has 0 bridgehead atoms. The van der Waals surface area contributed by atoms with E-state index in [2.05, 4.69) is 30.3 Å². The normalized spacial score (nSPS) is 12.2. The average molecular weight is 263 g/mol. The van der Waals surface area contributed by atoms with E-state index in [9.17, 15) is 0 Å². The van der Waals surface area contributed by atoms with E-state index in [1.165, 1.54) is 10.8 Å². The van der Waals surface area contributed by atoms with Crippen molar-refractivity contribution in [1.29, 1.82) is 0 Å². The molecule has 0 aliphatic rings. The van der Waals surface area contributed by atoms with Crippen molar-refractivity contribution in [2.45, 2.75) is 6.04 Å². The average Bonchev–Trinajstić information content (AvgIpc) is 2.53. The molecule has 2 nitrogen and oxygen atoms in total. The molecule has 0 amide bonds. The van der Waals surface area contributed by atoms with Gasteiger partial charge in [-0.05, 0) is 34.5 Å². The number of benzene rings is 3. The Morgan fingerprint density at radius 3 is 2.30 bits per heavy atom.